The lowest BCUT2D eigenvalue weighted by molar-refractivity contribution is 0.0949. The van der Waals surface area contributed by atoms with Crippen LogP contribution in [0.3, 0.4) is 0 Å². The molecule has 0 saturated carbocycles. The molecule has 0 amide bonds. The van der Waals surface area contributed by atoms with Crippen LogP contribution in [0.5, 0.6) is 0 Å². The van der Waals surface area contributed by atoms with Crippen molar-refractivity contribution < 1.29 is 9.15 Å². The number of rotatable bonds is 5. The number of hydrogen-bond acceptors (Lipinski definition) is 3. The van der Waals surface area contributed by atoms with Crippen molar-refractivity contribution >= 4 is 0 Å². The lowest BCUT2D eigenvalue weighted by atomic mass is 10.1. The van der Waals surface area contributed by atoms with Gasteiger partial charge in [0.2, 0.25) is 0 Å². The third kappa shape index (κ3) is 3.09. The van der Waals surface area contributed by atoms with E-state index in [0.29, 0.717) is 12.1 Å². The molecular weight excluding hydrogens is 202 g/mol. The van der Waals surface area contributed by atoms with E-state index in [-0.39, 0.29) is 6.04 Å². The second-order valence-corrected chi connectivity index (χ2v) is 4.68. The summed E-state index contributed by atoms with van der Waals surface area (Å²) in [5.74, 6) is 0.999. The average Bonchev–Trinajstić information content (AvgIpc) is 2.88. The third-order valence-corrected chi connectivity index (χ3v) is 3.14. The van der Waals surface area contributed by atoms with Gasteiger partial charge in [-0.15, -0.1) is 0 Å². The maximum absolute atomic E-state index is 5.63. The van der Waals surface area contributed by atoms with Crippen molar-refractivity contribution in [1.29, 1.82) is 0 Å². The van der Waals surface area contributed by atoms with Crippen LogP contribution in [0.15, 0.2) is 22.8 Å². The highest BCUT2D eigenvalue weighted by Gasteiger charge is 2.20. The molecule has 16 heavy (non-hydrogen) atoms. The van der Waals surface area contributed by atoms with Crippen molar-refractivity contribution in [3.8, 4) is 0 Å². The fourth-order valence-corrected chi connectivity index (χ4v) is 2.34. The molecule has 0 unspecified atom stereocenters. The molecule has 2 heterocycles. The molecule has 0 aromatic carbocycles. The van der Waals surface area contributed by atoms with E-state index in [2.05, 4.69) is 19.2 Å². The van der Waals surface area contributed by atoms with Crippen LogP contribution in [-0.4, -0.2) is 18.8 Å². The molecule has 1 N–H and O–H groups in total. The Balaban J connectivity index is 1.75. The molecule has 0 bridgehead atoms. The summed E-state index contributed by atoms with van der Waals surface area (Å²) in [6, 6.07) is 4.67. The highest BCUT2D eigenvalue weighted by atomic mass is 16.5. The molecule has 0 aliphatic carbocycles. The SMILES string of the molecule is C[C@H](C[C@@H]1CCCO1)N[C@@H](C)c1ccco1. The second kappa shape index (κ2) is 5.51. The van der Waals surface area contributed by atoms with Gasteiger partial charge in [0.05, 0.1) is 18.4 Å². The predicted molar refractivity (Wildman–Crippen MR) is 63.3 cm³/mol. The summed E-state index contributed by atoms with van der Waals surface area (Å²) in [6.07, 6.45) is 5.68. The topological polar surface area (TPSA) is 34.4 Å². The highest BCUT2D eigenvalue weighted by Crippen LogP contribution is 2.19. The first-order chi connectivity index (χ1) is 7.75. The first kappa shape index (κ1) is 11.7. The molecule has 90 valence electrons. The Morgan fingerprint density at radius 2 is 2.38 bits per heavy atom. The summed E-state index contributed by atoms with van der Waals surface area (Å²) in [7, 11) is 0. The van der Waals surface area contributed by atoms with Crippen LogP contribution in [-0.2, 0) is 4.74 Å². The molecule has 1 aliphatic rings. The Kier molecular flexibility index (Phi) is 4.02. The van der Waals surface area contributed by atoms with Crippen molar-refractivity contribution in [3.05, 3.63) is 24.2 Å². The van der Waals surface area contributed by atoms with Crippen LogP contribution in [0.4, 0.5) is 0 Å². The van der Waals surface area contributed by atoms with E-state index in [1.807, 2.05) is 12.1 Å². The van der Waals surface area contributed by atoms with E-state index in [1.54, 1.807) is 6.26 Å². The molecule has 3 atom stereocenters. The van der Waals surface area contributed by atoms with E-state index in [1.165, 1.54) is 12.8 Å². The van der Waals surface area contributed by atoms with E-state index in [0.717, 1.165) is 18.8 Å². The van der Waals surface area contributed by atoms with E-state index in [9.17, 15) is 0 Å². The Labute approximate surface area is 97.2 Å². The van der Waals surface area contributed by atoms with Crippen molar-refractivity contribution in [2.24, 2.45) is 0 Å². The summed E-state index contributed by atoms with van der Waals surface area (Å²) in [5.41, 5.74) is 0. The molecule has 1 fully saturated rings. The fourth-order valence-electron chi connectivity index (χ4n) is 2.34. The normalized spacial score (nSPS) is 24.5. The lowest BCUT2D eigenvalue weighted by Gasteiger charge is -2.21. The molecule has 1 saturated heterocycles. The first-order valence-corrected chi connectivity index (χ1v) is 6.17. The molecule has 1 aromatic rings. The van der Waals surface area contributed by atoms with Crippen molar-refractivity contribution in [1.82, 2.24) is 5.32 Å². The zero-order chi connectivity index (χ0) is 11.4. The fraction of sp³-hybridized carbons (Fsp3) is 0.692. The highest BCUT2D eigenvalue weighted by molar-refractivity contribution is 5.03. The lowest BCUT2D eigenvalue weighted by Crippen LogP contribution is -2.31. The quantitative estimate of drug-likeness (QED) is 0.833. The third-order valence-electron chi connectivity index (χ3n) is 3.14. The average molecular weight is 223 g/mol. The monoisotopic (exact) mass is 223 g/mol. The molecular formula is C13H21NO2. The minimum absolute atomic E-state index is 0.270. The minimum atomic E-state index is 0.270. The number of nitrogens with one attached hydrogen (secondary N) is 1. The van der Waals surface area contributed by atoms with Gasteiger partial charge in [0.25, 0.3) is 0 Å². The zero-order valence-corrected chi connectivity index (χ0v) is 10.1. The summed E-state index contributed by atoms with van der Waals surface area (Å²) in [5, 5.41) is 3.54. The molecule has 0 spiro atoms. The zero-order valence-electron chi connectivity index (χ0n) is 10.1. The molecule has 3 heteroatoms. The van der Waals surface area contributed by atoms with Crippen molar-refractivity contribution in [2.75, 3.05) is 6.61 Å². The van der Waals surface area contributed by atoms with Gasteiger partial charge < -0.3 is 14.5 Å². The van der Waals surface area contributed by atoms with E-state index >= 15 is 0 Å². The van der Waals surface area contributed by atoms with E-state index in [4.69, 9.17) is 9.15 Å². The molecule has 2 rings (SSSR count). The van der Waals surface area contributed by atoms with Crippen LogP contribution in [0.1, 0.15) is 44.9 Å². The largest absolute Gasteiger partial charge is 0.468 e. The Hall–Kier alpha value is -0.800. The smallest absolute Gasteiger partial charge is 0.120 e. The summed E-state index contributed by atoms with van der Waals surface area (Å²) in [6.45, 7) is 5.27. The van der Waals surface area contributed by atoms with Crippen molar-refractivity contribution in [2.45, 2.75) is 51.3 Å². The van der Waals surface area contributed by atoms with Gasteiger partial charge in [-0.3, -0.25) is 0 Å². The predicted octanol–water partition coefficient (Wildman–Crippen LogP) is 2.89. The van der Waals surface area contributed by atoms with Crippen LogP contribution < -0.4 is 5.32 Å². The molecule has 0 radical (unpaired) electrons. The van der Waals surface area contributed by atoms with Gasteiger partial charge >= 0.3 is 0 Å². The van der Waals surface area contributed by atoms with Gasteiger partial charge in [-0.2, -0.15) is 0 Å². The maximum atomic E-state index is 5.63. The minimum Gasteiger partial charge on any atom is -0.468 e. The standard InChI is InChI=1S/C13H21NO2/c1-10(9-12-5-3-7-15-12)14-11(2)13-6-4-8-16-13/h4,6,8,10-12,14H,3,5,7,9H2,1-2H3/t10-,11+,12+/m1/s1. The number of hydrogen-bond donors (Lipinski definition) is 1. The van der Waals surface area contributed by atoms with Gasteiger partial charge in [-0.1, -0.05) is 0 Å². The summed E-state index contributed by atoms with van der Waals surface area (Å²) < 4.78 is 11.0. The van der Waals surface area contributed by atoms with Gasteiger partial charge in [0.1, 0.15) is 5.76 Å². The Bertz CT molecular complexity index is 291. The number of furan rings is 1. The first-order valence-electron chi connectivity index (χ1n) is 6.17. The van der Waals surface area contributed by atoms with Crippen LogP contribution in [0, 0.1) is 0 Å². The van der Waals surface area contributed by atoms with Crippen LogP contribution in [0.2, 0.25) is 0 Å². The van der Waals surface area contributed by atoms with Gasteiger partial charge in [-0.05, 0) is 45.2 Å². The van der Waals surface area contributed by atoms with Crippen LogP contribution >= 0.6 is 0 Å². The molecule has 1 aliphatic heterocycles. The molecule has 3 nitrogen and oxygen atoms in total. The summed E-state index contributed by atoms with van der Waals surface area (Å²) >= 11 is 0. The second-order valence-electron chi connectivity index (χ2n) is 4.68. The Morgan fingerprint density at radius 1 is 1.50 bits per heavy atom. The van der Waals surface area contributed by atoms with Crippen molar-refractivity contribution in [3.63, 3.8) is 0 Å². The Morgan fingerprint density at radius 3 is 3.00 bits per heavy atom. The van der Waals surface area contributed by atoms with Gasteiger partial charge in [0, 0.05) is 12.6 Å². The molecule has 1 aromatic heterocycles. The van der Waals surface area contributed by atoms with Gasteiger partial charge in [-0.25, -0.2) is 0 Å². The maximum Gasteiger partial charge on any atom is 0.120 e. The van der Waals surface area contributed by atoms with Gasteiger partial charge in [0.15, 0.2) is 0 Å². The van der Waals surface area contributed by atoms with Crippen LogP contribution in [0.25, 0.3) is 0 Å². The van der Waals surface area contributed by atoms with E-state index < -0.39 is 0 Å². The number of ether oxygens (including phenoxy) is 1. The summed E-state index contributed by atoms with van der Waals surface area (Å²) in [4.78, 5) is 0.